The van der Waals surface area contributed by atoms with Gasteiger partial charge in [-0.25, -0.2) is 0 Å². The van der Waals surface area contributed by atoms with Crippen LogP contribution < -0.4 is 5.73 Å². The molecule has 0 aliphatic carbocycles. The lowest BCUT2D eigenvalue weighted by molar-refractivity contribution is 1.14. The Hall–Kier alpha value is 0.690. The summed E-state index contributed by atoms with van der Waals surface area (Å²) in [6.45, 7) is 6.65. The van der Waals surface area contributed by atoms with Gasteiger partial charge >= 0.3 is 0 Å². The maximum Gasteiger partial charge on any atom is -0.0106 e. The number of hydrogen-bond donors (Lipinski definition) is 1. The van der Waals surface area contributed by atoms with Gasteiger partial charge in [0.2, 0.25) is 0 Å². The van der Waals surface area contributed by atoms with Crippen molar-refractivity contribution in [1.82, 2.24) is 0 Å². The predicted octanol–water partition coefficient (Wildman–Crippen LogP) is 1.61. The summed E-state index contributed by atoms with van der Waals surface area (Å²) in [4.78, 5) is 0. The molecule has 0 spiro atoms. The van der Waals surface area contributed by atoms with Crippen LogP contribution in [0.5, 0.6) is 0 Å². The lowest BCUT2D eigenvalue weighted by Gasteiger charge is -1.53. The molecule has 0 atom stereocenters. The molecule has 0 saturated heterocycles. The summed E-state index contributed by atoms with van der Waals surface area (Å²) < 4.78 is 0. The molecule has 1 nitrogen and oxygen atoms in total. The average molecular weight is 203 g/mol. The molecule has 0 radical (unpaired) electrons. The molecule has 0 aliphatic heterocycles. The number of hydrogen-bond acceptors (Lipinski definition) is 1. The van der Waals surface area contributed by atoms with E-state index in [2.05, 4.69) is 0 Å². The van der Waals surface area contributed by atoms with E-state index in [-0.39, 0.29) is 24.0 Å². The first-order valence-electron chi connectivity index (χ1n) is 2.12. The first-order chi connectivity index (χ1) is 2.41. The topological polar surface area (TPSA) is 26.0 Å². The van der Waals surface area contributed by atoms with E-state index in [1.165, 1.54) is 0 Å². The van der Waals surface area contributed by atoms with Crippen molar-refractivity contribution in [3.63, 3.8) is 0 Å². The molecule has 0 heterocycles. The summed E-state index contributed by atoms with van der Waals surface area (Å²) in [6, 6.07) is 0. The lowest BCUT2D eigenvalue weighted by Crippen LogP contribution is -1.87. The molecular formula is C4H14IN. The summed E-state index contributed by atoms with van der Waals surface area (Å²) in [7, 11) is 0. The third-order valence-electron chi connectivity index (χ3n) is 0. The Labute approximate surface area is 57.3 Å². The molecule has 2 heteroatoms. The van der Waals surface area contributed by atoms with E-state index in [0.29, 0.717) is 0 Å². The highest BCUT2D eigenvalue weighted by molar-refractivity contribution is 14.0. The Kier molecular flexibility index (Phi) is 116. The molecule has 2 N–H and O–H groups in total. The summed E-state index contributed by atoms with van der Waals surface area (Å²) >= 11 is 0. The fourth-order valence-electron chi connectivity index (χ4n) is 0. The van der Waals surface area contributed by atoms with Gasteiger partial charge in [-0.15, -0.1) is 24.0 Å². The Balaban J connectivity index is -0.0000000275. The van der Waals surface area contributed by atoms with Crippen LogP contribution in [0, 0.1) is 0 Å². The maximum absolute atomic E-state index is 4.85. The van der Waals surface area contributed by atoms with Crippen LogP contribution in [0.25, 0.3) is 0 Å². The van der Waals surface area contributed by atoms with Gasteiger partial charge in [0.15, 0.2) is 0 Å². The van der Waals surface area contributed by atoms with Crippen LogP contribution in [-0.4, -0.2) is 6.54 Å². The van der Waals surface area contributed by atoms with Gasteiger partial charge in [0.05, 0.1) is 0 Å². The van der Waals surface area contributed by atoms with Crippen LogP contribution in [0.4, 0.5) is 0 Å². The van der Waals surface area contributed by atoms with Crippen molar-refractivity contribution in [3.8, 4) is 0 Å². The van der Waals surface area contributed by atoms with E-state index < -0.39 is 0 Å². The van der Waals surface area contributed by atoms with Gasteiger partial charge < -0.3 is 5.73 Å². The highest BCUT2D eigenvalue weighted by atomic mass is 127. The van der Waals surface area contributed by atoms with E-state index >= 15 is 0 Å². The third kappa shape index (κ3) is 134. The molecule has 0 rings (SSSR count). The van der Waals surface area contributed by atoms with Gasteiger partial charge in [0.25, 0.3) is 0 Å². The van der Waals surface area contributed by atoms with Crippen molar-refractivity contribution in [3.05, 3.63) is 0 Å². The standard InChI is InChI=1S/C2H7N.C2H6.HI/c1-2-3;1-2;/h2-3H2,1H3;1-2H3;1H. The lowest BCUT2D eigenvalue weighted by atomic mass is 10.8. The molecule has 0 amide bonds. The van der Waals surface area contributed by atoms with Gasteiger partial charge in [0, 0.05) is 0 Å². The first-order valence-corrected chi connectivity index (χ1v) is 2.12. The highest BCUT2D eigenvalue weighted by Crippen LogP contribution is 1.20. The van der Waals surface area contributed by atoms with Gasteiger partial charge in [-0.3, -0.25) is 0 Å². The second-order valence-electron chi connectivity index (χ2n) is 0.408. The third-order valence-corrected chi connectivity index (χ3v) is 0. The second-order valence-corrected chi connectivity index (χ2v) is 0.408. The molecule has 6 heavy (non-hydrogen) atoms. The Morgan fingerprint density at radius 2 is 1.33 bits per heavy atom. The molecule has 0 aromatic rings. The van der Waals surface area contributed by atoms with E-state index in [4.69, 9.17) is 5.73 Å². The van der Waals surface area contributed by atoms with Gasteiger partial charge in [0.1, 0.15) is 0 Å². The molecule has 0 saturated carbocycles. The molecular weight excluding hydrogens is 189 g/mol. The minimum Gasteiger partial charge on any atom is -0.331 e. The molecule has 0 aliphatic rings. The SMILES string of the molecule is CC.CCN.I. The second kappa shape index (κ2) is 43.8. The first kappa shape index (κ1) is 15.9. The maximum atomic E-state index is 4.85. The number of rotatable bonds is 0. The zero-order chi connectivity index (χ0) is 4.71. The van der Waals surface area contributed by atoms with Crippen LogP contribution in [-0.2, 0) is 0 Å². The molecule has 0 aromatic carbocycles. The van der Waals surface area contributed by atoms with Crippen molar-refractivity contribution in [2.24, 2.45) is 5.73 Å². The van der Waals surface area contributed by atoms with Crippen molar-refractivity contribution >= 4 is 24.0 Å². The fourth-order valence-corrected chi connectivity index (χ4v) is 0. The monoisotopic (exact) mass is 203 g/mol. The van der Waals surface area contributed by atoms with Crippen molar-refractivity contribution in [2.75, 3.05) is 6.54 Å². The Bertz CT molecular complexity index is 7.51. The van der Waals surface area contributed by atoms with Crippen molar-refractivity contribution in [1.29, 1.82) is 0 Å². The van der Waals surface area contributed by atoms with Crippen LogP contribution in [0.15, 0.2) is 0 Å². The number of halogens is 1. The van der Waals surface area contributed by atoms with Gasteiger partial charge in [-0.2, -0.15) is 0 Å². The largest absolute Gasteiger partial charge is 0.331 e. The number of nitrogens with two attached hydrogens (primary N) is 1. The summed E-state index contributed by atoms with van der Waals surface area (Å²) in [5.74, 6) is 0. The molecule has 0 fully saturated rings. The molecule has 0 unspecified atom stereocenters. The van der Waals surface area contributed by atoms with Crippen LogP contribution >= 0.6 is 24.0 Å². The average Bonchev–Trinajstić information content (AvgIpc) is 1.46. The predicted molar refractivity (Wildman–Crippen MR) is 41.5 cm³/mol. The normalized spacial score (nSPS) is 4.00. The summed E-state index contributed by atoms with van der Waals surface area (Å²) in [5.41, 5.74) is 4.85. The fraction of sp³-hybridized carbons (Fsp3) is 1.00. The molecule has 42 valence electrons. The minimum absolute atomic E-state index is 0. The highest BCUT2D eigenvalue weighted by Gasteiger charge is 1.32. The van der Waals surface area contributed by atoms with Crippen LogP contribution in [0.3, 0.4) is 0 Å². The smallest absolute Gasteiger partial charge is 0.0106 e. The van der Waals surface area contributed by atoms with E-state index in [1.54, 1.807) is 0 Å². The molecule has 0 bridgehead atoms. The van der Waals surface area contributed by atoms with E-state index in [0.717, 1.165) is 6.54 Å². The summed E-state index contributed by atoms with van der Waals surface area (Å²) in [5, 5.41) is 0. The Morgan fingerprint density at radius 1 is 1.33 bits per heavy atom. The van der Waals surface area contributed by atoms with Crippen LogP contribution in [0.2, 0.25) is 0 Å². The quantitative estimate of drug-likeness (QED) is 0.594. The van der Waals surface area contributed by atoms with E-state index in [1.807, 2.05) is 20.8 Å². The van der Waals surface area contributed by atoms with Crippen LogP contribution in [0.1, 0.15) is 20.8 Å². The summed E-state index contributed by atoms with van der Waals surface area (Å²) in [6.07, 6.45) is 0. The van der Waals surface area contributed by atoms with E-state index in [9.17, 15) is 0 Å². The van der Waals surface area contributed by atoms with Gasteiger partial charge in [-0.05, 0) is 6.54 Å². The van der Waals surface area contributed by atoms with Crippen molar-refractivity contribution in [2.45, 2.75) is 20.8 Å². The minimum atomic E-state index is 0. The van der Waals surface area contributed by atoms with Gasteiger partial charge in [-0.1, -0.05) is 20.8 Å². The van der Waals surface area contributed by atoms with Crippen molar-refractivity contribution < 1.29 is 0 Å². The molecule has 0 aromatic heterocycles. The Morgan fingerprint density at radius 3 is 1.33 bits per heavy atom. The zero-order valence-electron chi connectivity index (χ0n) is 4.69. The zero-order valence-corrected chi connectivity index (χ0v) is 7.02.